The number of aromatic nitrogens is 1. The third-order valence-corrected chi connectivity index (χ3v) is 0.841. The Morgan fingerprint density at radius 3 is 2.75 bits per heavy atom. The lowest BCUT2D eigenvalue weighted by Gasteiger charge is -1.90. The van der Waals surface area contributed by atoms with Crippen molar-refractivity contribution in [2.75, 3.05) is 5.73 Å². The van der Waals surface area contributed by atoms with Crippen molar-refractivity contribution in [2.45, 2.75) is 0 Å². The second-order valence-electron chi connectivity index (χ2n) is 1.58. The number of hydrogen-bond donors (Lipinski definition) is 1. The first-order valence-corrected chi connectivity index (χ1v) is 2.32. The van der Waals surface area contributed by atoms with Crippen molar-refractivity contribution in [1.29, 1.82) is 0 Å². The molecule has 8 heavy (non-hydrogen) atoms. The maximum absolute atomic E-state index is 5.38. The van der Waals surface area contributed by atoms with Crippen LogP contribution in [0.1, 0.15) is 5.69 Å². The van der Waals surface area contributed by atoms with Crippen molar-refractivity contribution >= 4 is 5.69 Å². The van der Waals surface area contributed by atoms with Gasteiger partial charge in [-0.2, -0.15) is 0 Å². The van der Waals surface area contributed by atoms with Gasteiger partial charge in [0.05, 0.1) is 0 Å². The number of anilines is 1. The van der Waals surface area contributed by atoms with Crippen molar-refractivity contribution in [2.24, 2.45) is 0 Å². The summed E-state index contributed by atoms with van der Waals surface area (Å²) in [6.07, 6.45) is 1.64. The van der Waals surface area contributed by atoms with E-state index in [2.05, 4.69) is 11.9 Å². The predicted octanol–water partition coefficient (Wildman–Crippen LogP) is 0.846. The molecule has 2 N–H and O–H groups in total. The van der Waals surface area contributed by atoms with Crippen molar-refractivity contribution in [3.05, 3.63) is 30.9 Å². The number of nitrogen functional groups attached to an aromatic ring is 1. The highest BCUT2D eigenvalue weighted by Gasteiger charge is 1.82. The quantitative estimate of drug-likeness (QED) is 0.533. The van der Waals surface area contributed by atoms with E-state index in [0.29, 0.717) is 11.4 Å². The molecule has 0 amide bonds. The molecule has 0 aliphatic rings. The van der Waals surface area contributed by atoms with Crippen LogP contribution >= 0.6 is 0 Å². The number of nitrogens with two attached hydrogens (primary N) is 1. The Hall–Kier alpha value is -1.05. The standard InChI is InChI=1S/C6H7N2/c1-5-4-6(7)2-3-8-5/h2-4H,1H2,(H2,7,8). The van der Waals surface area contributed by atoms with Gasteiger partial charge in [0, 0.05) is 17.6 Å². The fourth-order valence-electron chi connectivity index (χ4n) is 0.497. The molecule has 41 valence electrons. The summed E-state index contributed by atoms with van der Waals surface area (Å²) in [5.74, 6) is 0. The lowest BCUT2D eigenvalue weighted by molar-refractivity contribution is 1.27. The Labute approximate surface area is 48.4 Å². The summed E-state index contributed by atoms with van der Waals surface area (Å²) in [6.45, 7) is 3.59. The van der Waals surface area contributed by atoms with Crippen LogP contribution in [0.4, 0.5) is 5.69 Å². The molecule has 0 aromatic carbocycles. The van der Waals surface area contributed by atoms with Crippen LogP contribution in [0.3, 0.4) is 0 Å². The summed E-state index contributed by atoms with van der Waals surface area (Å²) in [6, 6.07) is 3.45. The number of hydrogen-bond acceptors (Lipinski definition) is 2. The summed E-state index contributed by atoms with van der Waals surface area (Å²) in [5, 5.41) is 0. The van der Waals surface area contributed by atoms with Crippen LogP contribution in [0, 0.1) is 6.92 Å². The first-order chi connectivity index (χ1) is 3.79. The maximum atomic E-state index is 5.38. The van der Waals surface area contributed by atoms with E-state index in [1.165, 1.54) is 0 Å². The van der Waals surface area contributed by atoms with E-state index in [9.17, 15) is 0 Å². The molecule has 0 saturated heterocycles. The molecule has 1 rings (SSSR count). The largest absolute Gasteiger partial charge is 0.399 e. The van der Waals surface area contributed by atoms with E-state index < -0.39 is 0 Å². The Morgan fingerprint density at radius 2 is 2.38 bits per heavy atom. The molecule has 0 saturated carbocycles. The van der Waals surface area contributed by atoms with Crippen molar-refractivity contribution in [3.63, 3.8) is 0 Å². The van der Waals surface area contributed by atoms with Crippen LogP contribution in [-0.2, 0) is 0 Å². The summed E-state index contributed by atoms with van der Waals surface area (Å²) >= 11 is 0. The summed E-state index contributed by atoms with van der Waals surface area (Å²) in [4.78, 5) is 3.85. The number of nitrogens with zero attached hydrogens (tertiary/aromatic N) is 1. The Morgan fingerprint density at radius 1 is 1.62 bits per heavy atom. The fraction of sp³-hybridized carbons (Fsp3) is 0. The molecular weight excluding hydrogens is 100 g/mol. The van der Waals surface area contributed by atoms with Gasteiger partial charge in [0.1, 0.15) is 0 Å². The maximum Gasteiger partial charge on any atom is 0.0427 e. The third-order valence-electron chi connectivity index (χ3n) is 0.841. The van der Waals surface area contributed by atoms with Gasteiger partial charge in [-0.25, -0.2) is 0 Å². The highest BCUT2D eigenvalue weighted by Crippen LogP contribution is 1.99. The molecule has 0 unspecified atom stereocenters. The third kappa shape index (κ3) is 0.964. The Balaban J connectivity index is 3.08. The molecule has 0 atom stereocenters. The second-order valence-corrected chi connectivity index (χ2v) is 1.58. The first kappa shape index (κ1) is 5.09. The van der Waals surface area contributed by atoms with Gasteiger partial charge in [-0.05, 0) is 19.1 Å². The normalized spacial score (nSPS) is 9.12. The van der Waals surface area contributed by atoms with E-state index in [1.807, 2.05) is 0 Å². The minimum Gasteiger partial charge on any atom is -0.399 e. The van der Waals surface area contributed by atoms with Crippen LogP contribution in [0.15, 0.2) is 18.3 Å². The number of rotatable bonds is 0. The molecule has 1 aromatic rings. The van der Waals surface area contributed by atoms with E-state index in [1.54, 1.807) is 18.3 Å². The van der Waals surface area contributed by atoms with E-state index in [0.717, 1.165) is 0 Å². The predicted molar refractivity (Wildman–Crippen MR) is 33.1 cm³/mol. The molecule has 2 heteroatoms. The Kier molecular flexibility index (Phi) is 1.16. The molecule has 0 bridgehead atoms. The second kappa shape index (κ2) is 1.82. The van der Waals surface area contributed by atoms with Crippen molar-refractivity contribution in [1.82, 2.24) is 4.98 Å². The van der Waals surface area contributed by atoms with Crippen LogP contribution < -0.4 is 5.73 Å². The van der Waals surface area contributed by atoms with Gasteiger partial charge in [-0.1, -0.05) is 0 Å². The van der Waals surface area contributed by atoms with Crippen LogP contribution in [0.25, 0.3) is 0 Å². The summed E-state index contributed by atoms with van der Waals surface area (Å²) < 4.78 is 0. The fourth-order valence-corrected chi connectivity index (χ4v) is 0.497. The first-order valence-electron chi connectivity index (χ1n) is 2.32. The molecule has 0 fully saturated rings. The summed E-state index contributed by atoms with van der Waals surface area (Å²) in [5.41, 5.74) is 6.80. The van der Waals surface area contributed by atoms with Crippen LogP contribution in [0.2, 0.25) is 0 Å². The minimum absolute atomic E-state index is 0.713. The van der Waals surface area contributed by atoms with Gasteiger partial charge in [0.2, 0.25) is 0 Å². The molecule has 0 aliphatic carbocycles. The van der Waals surface area contributed by atoms with Gasteiger partial charge in [0.15, 0.2) is 0 Å². The molecule has 1 aromatic heterocycles. The summed E-state index contributed by atoms with van der Waals surface area (Å²) in [7, 11) is 0. The zero-order valence-corrected chi connectivity index (χ0v) is 4.46. The highest BCUT2D eigenvalue weighted by molar-refractivity contribution is 5.37. The van der Waals surface area contributed by atoms with Gasteiger partial charge in [-0.15, -0.1) is 0 Å². The monoisotopic (exact) mass is 107 g/mol. The van der Waals surface area contributed by atoms with E-state index in [-0.39, 0.29) is 0 Å². The van der Waals surface area contributed by atoms with Crippen molar-refractivity contribution < 1.29 is 0 Å². The highest BCUT2D eigenvalue weighted by atomic mass is 14.7. The van der Waals surface area contributed by atoms with Crippen LogP contribution in [0.5, 0.6) is 0 Å². The average Bonchev–Trinajstić information content (AvgIpc) is 1.64. The molecule has 1 radical (unpaired) electrons. The van der Waals surface area contributed by atoms with E-state index >= 15 is 0 Å². The molecular formula is C6H7N2. The molecule has 2 nitrogen and oxygen atoms in total. The lowest BCUT2D eigenvalue weighted by Crippen LogP contribution is -1.85. The topological polar surface area (TPSA) is 38.9 Å². The van der Waals surface area contributed by atoms with Gasteiger partial charge >= 0.3 is 0 Å². The van der Waals surface area contributed by atoms with Crippen LogP contribution in [-0.4, -0.2) is 4.98 Å². The average molecular weight is 107 g/mol. The smallest absolute Gasteiger partial charge is 0.0427 e. The SMILES string of the molecule is [CH2]c1cc(N)ccn1. The molecule has 0 aliphatic heterocycles. The molecule has 1 heterocycles. The van der Waals surface area contributed by atoms with Gasteiger partial charge < -0.3 is 5.73 Å². The number of pyridine rings is 1. The van der Waals surface area contributed by atoms with Crippen molar-refractivity contribution in [3.8, 4) is 0 Å². The van der Waals surface area contributed by atoms with Gasteiger partial charge in [-0.3, -0.25) is 4.98 Å². The lowest BCUT2D eigenvalue weighted by atomic mass is 10.3. The Bertz CT molecular complexity index is 166. The minimum atomic E-state index is 0.713. The van der Waals surface area contributed by atoms with Gasteiger partial charge in [0.25, 0.3) is 0 Å². The zero-order valence-electron chi connectivity index (χ0n) is 4.46. The van der Waals surface area contributed by atoms with E-state index in [4.69, 9.17) is 5.73 Å². The molecule has 0 spiro atoms. The zero-order chi connectivity index (χ0) is 5.98.